The maximum Gasteiger partial charge on any atom is 0.0206 e. The molecule has 0 aliphatic rings. The maximum absolute atomic E-state index is 5.89. The Hall–Kier alpha value is -0.860. The average molecular weight is 178 g/mol. The molecule has 0 saturated heterocycles. The van der Waals surface area contributed by atoms with Crippen LogP contribution in [0.4, 0.5) is 0 Å². The van der Waals surface area contributed by atoms with Crippen molar-refractivity contribution in [3.8, 4) is 0 Å². The summed E-state index contributed by atoms with van der Waals surface area (Å²) < 4.78 is 0. The third-order valence-electron chi connectivity index (χ3n) is 2.08. The van der Waals surface area contributed by atoms with Crippen LogP contribution in [0.3, 0.4) is 0 Å². The van der Waals surface area contributed by atoms with Gasteiger partial charge in [-0.15, -0.1) is 0 Å². The number of nitrogens with two attached hydrogens (primary N) is 1. The van der Waals surface area contributed by atoms with Gasteiger partial charge in [-0.25, -0.2) is 0 Å². The topological polar surface area (TPSA) is 38.0 Å². The molecule has 2 nitrogen and oxygen atoms in total. The third kappa shape index (κ3) is 3.57. The Morgan fingerprint density at radius 1 is 1.31 bits per heavy atom. The van der Waals surface area contributed by atoms with Crippen molar-refractivity contribution in [1.82, 2.24) is 5.32 Å². The molecule has 1 atom stereocenters. The predicted molar refractivity (Wildman–Crippen MR) is 56.8 cm³/mol. The van der Waals surface area contributed by atoms with Gasteiger partial charge in [0, 0.05) is 12.6 Å². The summed E-state index contributed by atoms with van der Waals surface area (Å²) in [5, 5.41) is 3.07. The van der Waals surface area contributed by atoms with Gasteiger partial charge in [0.25, 0.3) is 0 Å². The van der Waals surface area contributed by atoms with E-state index < -0.39 is 0 Å². The quantitative estimate of drug-likeness (QED) is 0.724. The van der Waals surface area contributed by atoms with Crippen LogP contribution in [0, 0.1) is 6.92 Å². The van der Waals surface area contributed by atoms with Crippen molar-refractivity contribution >= 4 is 0 Å². The molecule has 1 aromatic carbocycles. The Labute approximate surface area is 80.1 Å². The minimum atomic E-state index is 0.215. The van der Waals surface area contributed by atoms with E-state index in [1.807, 2.05) is 7.05 Å². The highest BCUT2D eigenvalue weighted by Crippen LogP contribution is 2.04. The zero-order chi connectivity index (χ0) is 9.68. The van der Waals surface area contributed by atoms with E-state index in [0.717, 1.165) is 13.0 Å². The van der Waals surface area contributed by atoms with Crippen LogP contribution < -0.4 is 11.1 Å². The van der Waals surface area contributed by atoms with Crippen molar-refractivity contribution in [2.24, 2.45) is 5.73 Å². The highest BCUT2D eigenvalue weighted by Gasteiger charge is 2.01. The van der Waals surface area contributed by atoms with Crippen molar-refractivity contribution in [3.63, 3.8) is 0 Å². The van der Waals surface area contributed by atoms with E-state index in [-0.39, 0.29) is 6.04 Å². The molecule has 1 aromatic rings. The van der Waals surface area contributed by atoms with Crippen molar-refractivity contribution in [2.45, 2.75) is 19.4 Å². The van der Waals surface area contributed by atoms with E-state index in [1.54, 1.807) is 0 Å². The largest absolute Gasteiger partial charge is 0.326 e. The molecule has 0 amide bonds. The molecule has 13 heavy (non-hydrogen) atoms. The summed E-state index contributed by atoms with van der Waals surface area (Å²) in [4.78, 5) is 0. The second kappa shape index (κ2) is 5.00. The molecule has 0 saturated carbocycles. The van der Waals surface area contributed by atoms with E-state index in [0.29, 0.717) is 0 Å². The van der Waals surface area contributed by atoms with Gasteiger partial charge in [-0.05, 0) is 26.0 Å². The number of rotatable bonds is 4. The van der Waals surface area contributed by atoms with Crippen LogP contribution >= 0.6 is 0 Å². The molecule has 1 unspecified atom stereocenters. The molecule has 0 heterocycles. The van der Waals surface area contributed by atoms with E-state index in [2.05, 4.69) is 36.5 Å². The van der Waals surface area contributed by atoms with E-state index >= 15 is 0 Å². The molecule has 0 spiro atoms. The second-order valence-corrected chi connectivity index (χ2v) is 3.51. The van der Waals surface area contributed by atoms with Gasteiger partial charge < -0.3 is 11.1 Å². The van der Waals surface area contributed by atoms with Crippen LogP contribution in [0.2, 0.25) is 0 Å². The highest BCUT2D eigenvalue weighted by molar-refractivity contribution is 5.22. The molecule has 0 bridgehead atoms. The third-order valence-corrected chi connectivity index (χ3v) is 2.08. The van der Waals surface area contributed by atoms with Crippen LogP contribution in [0.5, 0.6) is 0 Å². The molecule has 0 aromatic heterocycles. The Bertz CT molecular complexity index is 241. The molecule has 0 fully saturated rings. The van der Waals surface area contributed by atoms with E-state index in [9.17, 15) is 0 Å². The Kier molecular flexibility index (Phi) is 3.93. The fourth-order valence-corrected chi connectivity index (χ4v) is 1.36. The first-order chi connectivity index (χ1) is 6.22. The summed E-state index contributed by atoms with van der Waals surface area (Å²) in [5.74, 6) is 0. The van der Waals surface area contributed by atoms with Gasteiger partial charge in [-0.3, -0.25) is 0 Å². The van der Waals surface area contributed by atoms with Crippen LogP contribution in [0.15, 0.2) is 24.3 Å². The Morgan fingerprint density at radius 3 is 2.46 bits per heavy atom. The summed E-state index contributed by atoms with van der Waals surface area (Å²) in [6.07, 6.45) is 0.946. The number of hydrogen-bond acceptors (Lipinski definition) is 2. The average Bonchev–Trinajstić information content (AvgIpc) is 2.09. The molecule has 0 radical (unpaired) electrons. The lowest BCUT2D eigenvalue weighted by molar-refractivity contribution is 0.616. The lowest BCUT2D eigenvalue weighted by Gasteiger charge is -2.10. The summed E-state index contributed by atoms with van der Waals surface area (Å²) in [7, 11) is 1.93. The number of likely N-dealkylation sites (N-methyl/N-ethyl adjacent to an activating group) is 1. The van der Waals surface area contributed by atoms with Gasteiger partial charge in [-0.1, -0.05) is 29.8 Å². The summed E-state index contributed by atoms with van der Waals surface area (Å²) in [5.41, 5.74) is 8.50. The van der Waals surface area contributed by atoms with E-state index in [4.69, 9.17) is 5.73 Å². The smallest absolute Gasteiger partial charge is 0.0206 e. The van der Waals surface area contributed by atoms with Gasteiger partial charge in [0.1, 0.15) is 0 Å². The normalized spacial score (nSPS) is 12.8. The monoisotopic (exact) mass is 178 g/mol. The molecular weight excluding hydrogens is 160 g/mol. The number of benzene rings is 1. The van der Waals surface area contributed by atoms with Crippen molar-refractivity contribution in [2.75, 3.05) is 13.6 Å². The first kappa shape index (κ1) is 10.2. The molecule has 2 heteroatoms. The fourth-order valence-electron chi connectivity index (χ4n) is 1.36. The lowest BCUT2D eigenvalue weighted by Crippen LogP contribution is -2.33. The standard InChI is InChI=1S/C11H18N2/c1-9-3-5-10(6-4-9)7-11(12)8-13-2/h3-6,11,13H,7-8,12H2,1-2H3. The van der Waals surface area contributed by atoms with Crippen LogP contribution in [0.25, 0.3) is 0 Å². The molecule has 72 valence electrons. The van der Waals surface area contributed by atoms with Gasteiger partial charge in [0.05, 0.1) is 0 Å². The molecule has 0 aliphatic carbocycles. The highest BCUT2D eigenvalue weighted by atomic mass is 14.9. The lowest BCUT2D eigenvalue weighted by atomic mass is 10.1. The molecule has 1 rings (SSSR count). The second-order valence-electron chi connectivity index (χ2n) is 3.51. The van der Waals surface area contributed by atoms with Gasteiger partial charge in [0.15, 0.2) is 0 Å². The number of hydrogen-bond donors (Lipinski definition) is 2. The first-order valence-electron chi connectivity index (χ1n) is 4.68. The minimum Gasteiger partial charge on any atom is -0.326 e. The molecule has 3 N–H and O–H groups in total. The predicted octanol–water partition coefficient (Wildman–Crippen LogP) is 1.08. The number of aryl methyl sites for hydroxylation is 1. The zero-order valence-electron chi connectivity index (χ0n) is 8.38. The maximum atomic E-state index is 5.89. The SMILES string of the molecule is CNCC(N)Cc1ccc(C)cc1. The van der Waals surface area contributed by atoms with Crippen molar-refractivity contribution < 1.29 is 0 Å². The number of nitrogens with one attached hydrogen (secondary N) is 1. The van der Waals surface area contributed by atoms with Crippen molar-refractivity contribution in [3.05, 3.63) is 35.4 Å². The summed E-state index contributed by atoms with van der Waals surface area (Å²) >= 11 is 0. The van der Waals surface area contributed by atoms with Crippen LogP contribution in [-0.4, -0.2) is 19.6 Å². The first-order valence-corrected chi connectivity index (χ1v) is 4.68. The van der Waals surface area contributed by atoms with E-state index in [1.165, 1.54) is 11.1 Å². The summed E-state index contributed by atoms with van der Waals surface area (Å²) in [6.45, 7) is 2.96. The molecule has 0 aliphatic heterocycles. The summed E-state index contributed by atoms with van der Waals surface area (Å²) in [6, 6.07) is 8.76. The van der Waals surface area contributed by atoms with Crippen molar-refractivity contribution in [1.29, 1.82) is 0 Å². The zero-order valence-corrected chi connectivity index (χ0v) is 8.38. The fraction of sp³-hybridized carbons (Fsp3) is 0.455. The van der Waals surface area contributed by atoms with Crippen LogP contribution in [0.1, 0.15) is 11.1 Å². The van der Waals surface area contributed by atoms with Gasteiger partial charge >= 0.3 is 0 Å². The minimum absolute atomic E-state index is 0.215. The Morgan fingerprint density at radius 2 is 1.92 bits per heavy atom. The Balaban J connectivity index is 2.49. The van der Waals surface area contributed by atoms with Crippen LogP contribution in [-0.2, 0) is 6.42 Å². The molecular formula is C11H18N2. The van der Waals surface area contributed by atoms with Gasteiger partial charge in [0.2, 0.25) is 0 Å². The van der Waals surface area contributed by atoms with Gasteiger partial charge in [-0.2, -0.15) is 0 Å².